The lowest BCUT2D eigenvalue weighted by molar-refractivity contribution is 0.0324. The molecule has 94 valence electrons. The quantitative estimate of drug-likeness (QED) is 0.631. The second-order valence-corrected chi connectivity index (χ2v) is 3.93. The highest BCUT2D eigenvalue weighted by atomic mass is 16.5. The number of methoxy groups -OCH3 is 1. The molecule has 0 saturated carbocycles. The van der Waals surface area contributed by atoms with E-state index in [1.807, 2.05) is 13.8 Å². The molecule has 0 radical (unpaired) electrons. The first kappa shape index (κ1) is 13.4. The van der Waals surface area contributed by atoms with Gasteiger partial charge in [0.1, 0.15) is 5.75 Å². The highest BCUT2D eigenvalue weighted by Crippen LogP contribution is 2.25. The zero-order valence-electron chi connectivity index (χ0n) is 10.5. The molecule has 0 bridgehead atoms. The molecule has 2 N–H and O–H groups in total. The Morgan fingerprint density at radius 3 is 2.76 bits per heavy atom. The van der Waals surface area contributed by atoms with Gasteiger partial charge in [0.05, 0.1) is 24.5 Å². The summed E-state index contributed by atoms with van der Waals surface area (Å²) in [4.78, 5) is 11.9. The smallest absolute Gasteiger partial charge is 0.340 e. The van der Waals surface area contributed by atoms with E-state index in [-0.39, 0.29) is 6.10 Å². The van der Waals surface area contributed by atoms with Crippen molar-refractivity contribution in [2.24, 2.45) is 0 Å². The number of ether oxygens (including phenoxy) is 2. The number of nitrogens with two attached hydrogens (primary N) is 1. The van der Waals surface area contributed by atoms with Crippen LogP contribution in [0.15, 0.2) is 18.2 Å². The van der Waals surface area contributed by atoms with Crippen LogP contribution in [0.1, 0.15) is 37.0 Å². The van der Waals surface area contributed by atoms with E-state index in [4.69, 9.17) is 15.2 Å². The number of carbonyl (C=O) groups excluding carboxylic acids is 1. The number of esters is 1. The van der Waals surface area contributed by atoms with Crippen LogP contribution in [0.25, 0.3) is 0 Å². The molecule has 1 atom stereocenters. The number of anilines is 1. The molecule has 4 nitrogen and oxygen atoms in total. The number of nitrogen functional groups attached to an aromatic ring is 1. The average Bonchev–Trinajstić information content (AvgIpc) is 2.29. The highest BCUT2D eigenvalue weighted by molar-refractivity contribution is 5.96. The van der Waals surface area contributed by atoms with Crippen LogP contribution in [0.3, 0.4) is 0 Å². The molecule has 0 heterocycles. The molecule has 0 aliphatic carbocycles. The molecule has 1 aromatic rings. The number of hydrogen-bond donors (Lipinski definition) is 1. The maximum atomic E-state index is 11.9. The molecule has 0 amide bonds. The fraction of sp³-hybridized carbons (Fsp3) is 0.462. The summed E-state index contributed by atoms with van der Waals surface area (Å²) in [6, 6.07) is 5.07. The second-order valence-electron chi connectivity index (χ2n) is 3.93. The molecule has 0 fully saturated rings. The molecule has 4 heteroatoms. The summed E-state index contributed by atoms with van der Waals surface area (Å²) in [5.41, 5.74) is 6.50. The Kier molecular flexibility index (Phi) is 4.82. The van der Waals surface area contributed by atoms with E-state index in [9.17, 15) is 4.79 Å². The second kappa shape index (κ2) is 6.13. The van der Waals surface area contributed by atoms with Crippen molar-refractivity contribution in [2.75, 3.05) is 12.8 Å². The van der Waals surface area contributed by atoms with Crippen LogP contribution in [0.4, 0.5) is 5.69 Å². The lowest BCUT2D eigenvalue weighted by atomic mass is 10.1. The molecule has 0 aromatic heterocycles. The molecule has 0 saturated heterocycles. The maximum absolute atomic E-state index is 11.9. The summed E-state index contributed by atoms with van der Waals surface area (Å²) in [5, 5.41) is 0. The van der Waals surface area contributed by atoms with Gasteiger partial charge in [-0.3, -0.25) is 0 Å². The van der Waals surface area contributed by atoms with Crippen LogP contribution in [0.2, 0.25) is 0 Å². The van der Waals surface area contributed by atoms with Crippen LogP contribution in [0, 0.1) is 0 Å². The molecule has 0 spiro atoms. The van der Waals surface area contributed by atoms with E-state index >= 15 is 0 Å². The minimum absolute atomic E-state index is 0.0990. The van der Waals surface area contributed by atoms with Gasteiger partial charge in [-0.15, -0.1) is 0 Å². The SMILES string of the molecule is CCCC(C)OC(=O)c1cccc(OC)c1N. The van der Waals surface area contributed by atoms with Gasteiger partial charge >= 0.3 is 5.97 Å². The van der Waals surface area contributed by atoms with Crippen LogP contribution in [-0.4, -0.2) is 19.2 Å². The first-order chi connectivity index (χ1) is 8.10. The van der Waals surface area contributed by atoms with Crippen molar-refractivity contribution < 1.29 is 14.3 Å². The molecule has 0 aliphatic rings. The number of rotatable bonds is 5. The number of hydrogen-bond acceptors (Lipinski definition) is 4. The molecular weight excluding hydrogens is 218 g/mol. The first-order valence-electron chi connectivity index (χ1n) is 5.73. The molecule has 17 heavy (non-hydrogen) atoms. The van der Waals surface area contributed by atoms with Crippen LogP contribution in [-0.2, 0) is 4.74 Å². The lowest BCUT2D eigenvalue weighted by Gasteiger charge is -2.14. The minimum Gasteiger partial charge on any atom is -0.495 e. The first-order valence-corrected chi connectivity index (χ1v) is 5.73. The predicted octanol–water partition coefficient (Wildman–Crippen LogP) is 2.62. The number of benzene rings is 1. The molecule has 1 unspecified atom stereocenters. The van der Waals surface area contributed by atoms with Gasteiger partial charge in [0.15, 0.2) is 0 Å². The topological polar surface area (TPSA) is 61.5 Å². The predicted molar refractivity (Wildman–Crippen MR) is 67.2 cm³/mol. The summed E-state index contributed by atoms with van der Waals surface area (Å²) in [6.07, 6.45) is 1.72. The molecule has 1 rings (SSSR count). The summed E-state index contributed by atoms with van der Waals surface area (Å²) >= 11 is 0. The van der Waals surface area contributed by atoms with E-state index in [2.05, 4.69) is 0 Å². The Hall–Kier alpha value is -1.71. The van der Waals surface area contributed by atoms with Crippen LogP contribution < -0.4 is 10.5 Å². The van der Waals surface area contributed by atoms with Gasteiger partial charge in [-0.25, -0.2) is 4.79 Å². The van der Waals surface area contributed by atoms with Crippen LogP contribution in [0.5, 0.6) is 5.75 Å². The Balaban J connectivity index is 2.82. The normalized spacial score (nSPS) is 11.9. The van der Waals surface area contributed by atoms with Crippen molar-refractivity contribution in [3.63, 3.8) is 0 Å². The average molecular weight is 237 g/mol. The molecular formula is C13H19NO3. The fourth-order valence-corrected chi connectivity index (χ4v) is 1.61. The van der Waals surface area contributed by atoms with Gasteiger partial charge in [-0.05, 0) is 25.5 Å². The van der Waals surface area contributed by atoms with E-state index in [1.54, 1.807) is 18.2 Å². The largest absolute Gasteiger partial charge is 0.495 e. The Bertz CT molecular complexity index is 390. The van der Waals surface area contributed by atoms with E-state index in [0.29, 0.717) is 17.0 Å². The third-order valence-corrected chi connectivity index (χ3v) is 2.51. The Labute approximate surface area is 102 Å². The standard InChI is InChI=1S/C13H19NO3/c1-4-6-9(2)17-13(15)10-7-5-8-11(16-3)12(10)14/h5,7-9H,4,6,14H2,1-3H3. The minimum atomic E-state index is -0.401. The third-order valence-electron chi connectivity index (χ3n) is 2.51. The van der Waals surface area contributed by atoms with Gasteiger partial charge in [-0.2, -0.15) is 0 Å². The van der Waals surface area contributed by atoms with Gasteiger partial charge in [0.2, 0.25) is 0 Å². The fourth-order valence-electron chi connectivity index (χ4n) is 1.61. The molecule has 0 aliphatic heterocycles. The summed E-state index contributed by atoms with van der Waals surface area (Å²) in [6.45, 7) is 3.92. The van der Waals surface area contributed by atoms with Gasteiger partial charge in [0.25, 0.3) is 0 Å². The summed E-state index contributed by atoms with van der Waals surface area (Å²) in [7, 11) is 1.51. The zero-order valence-corrected chi connectivity index (χ0v) is 10.5. The van der Waals surface area contributed by atoms with Crippen molar-refractivity contribution in [2.45, 2.75) is 32.8 Å². The van der Waals surface area contributed by atoms with Crippen molar-refractivity contribution in [3.8, 4) is 5.75 Å². The summed E-state index contributed by atoms with van der Waals surface area (Å²) in [5.74, 6) is 0.0879. The number of para-hydroxylation sites is 1. The van der Waals surface area contributed by atoms with E-state index < -0.39 is 5.97 Å². The zero-order chi connectivity index (χ0) is 12.8. The highest BCUT2D eigenvalue weighted by Gasteiger charge is 2.16. The van der Waals surface area contributed by atoms with E-state index in [1.165, 1.54) is 7.11 Å². The van der Waals surface area contributed by atoms with Crippen molar-refractivity contribution >= 4 is 11.7 Å². The lowest BCUT2D eigenvalue weighted by Crippen LogP contribution is -2.16. The number of carbonyl (C=O) groups is 1. The Morgan fingerprint density at radius 2 is 2.18 bits per heavy atom. The maximum Gasteiger partial charge on any atom is 0.340 e. The molecule has 1 aromatic carbocycles. The van der Waals surface area contributed by atoms with Gasteiger partial charge < -0.3 is 15.2 Å². The van der Waals surface area contributed by atoms with Crippen LogP contribution >= 0.6 is 0 Å². The van der Waals surface area contributed by atoms with Crippen molar-refractivity contribution in [3.05, 3.63) is 23.8 Å². The van der Waals surface area contributed by atoms with Crippen molar-refractivity contribution in [1.82, 2.24) is 0 Å². The monoisotopic (exact) mass is 237 g/mol. The third kappa shape index (κ3) is 3.37. The van der Waals surface area contributed by atoms with Gasteiger partial charge in [0, 0.05) is 0 Å². The van der Waals surface area contributed by atoms with E-state index in [0.717, 1.165) is 12.8 Å². The Morgan fingerprint density at radius 1 is 1.47 bits per heavy atom. The summed E-state index contributed by atoms with van der Waals surface area (Å²) < 4.78 is 10.3. The van der Waals surface area contributed by atoms with Crippen molar-refractivity contribution in [1.29, 1.82) is 0 Å². The van der Waals surface area contributed by atoms with Gasteiger partial charge in [-0.1, -0.05) is 19.4 Å².